The molecule has 0 spiro atoms. The Kier molecular flexibility index (Phi) is 9.74. The first-order chi connectivity index (χ1) is 22.7. The molecule has 3 aromatic heterocycles. The summed E-state index contributed by atoms with van der Waals surface area (Å²) in [5.41, 5.74) is 4.11. The van der Waals surface area contributed by atoms with Gasteiger partial charge in [-0.15, -0.1) is 22.0 Å². The highest BCUT2D eigenvalue weighted by atomic mass is 35.5. The van der Waals surface area contributed by atoms with Gasteiger partial charge in [0.15, 0.2) is 11.5 Å². The van der Waals surface area contributed by atoms with E-state index in [1.165, 1.54) is 6.07 Å². The molecule has 0 unspecified atom stereocenters. The third-order valence-electron chi connectivity index (χ3n) is 7.62. The summed E-state index contributed by atoms with van der Waals surface area (Å²) in [6, 6.07) is 26.5. The third kappa shape index (κ3) is 7.10. The first-order valence-electron chi connectivity index (χ1n) is 14.6. The van der Waals surface area contributed by atoms with E-state index < -0.39 is 0 Å². The van der Waals surface area contributed by atoms with E-state index in [-0.39, 0.29) is 21.6 Å². The van der Waals surface area contributed by atoms with Gasteiger partial charge in [-0.3, -0.25) is 9.72 Å². The van der Waals surface area contributed by atoms with Crippen molar-refractivity contribution in [2.45, 2.75) is 39.8 Å². The van der Waals surface area contributed by atoms with Gasteiger partial charge in [-0.1, -0.05) is 59.8 Å². The monoisotopic (exact) mass is 701 g/mol. The molecule has 3 N–H and O–H groups in total. The highest BCUT2D eigenvalue weighted by Gasteiger charge is 2.25. The molecule has 6 aromatic rings. The van der Waals surface area contributed by atoms with Gasteiger partial charge in [0.2, 0.25) is 0 Å². The Bertz CT molecular complexity index is 2080. The van der Waals surface area contributed by atoms with Crippen LogP contribution in [0.2, 0.25) is 5.02 Å². The third-order valence-corrected chi connectivity index (χ3v) is 11.1. The average molecular weight is 702 g/mol. The fourth-order valence-corrected chi connectivity index (χ4v) is 6.84. The first kappa shape index (κ1) is 32.8. The number of phenolic OH excluding ortho intramolecular Hbond substituents is 1. The molecule has 6 rings (SSSR count). The Hall–Kier alpha value is -4.10. The van der Waals surface area contributed by atoms with Gasteiger partial charge >= 0.3 is 6.03 Å². The number of nitrogens with one attached hydrogen (secondary N) is 2. The van der Waals surface area contributed by atoms with Crippen molar-refractivity contribution in [3.63, 3.8) is 0 Å². The molecule has 47 heavy (non-hydrogen) atoms. The van der Waals surface area contributed by atoms with Crippen LogP contribution in [0, 0.1) is 0 Å². The molecule has 0 aliphatic heterocycles. The molecule has 0 bridgehead atoms. The topological polar surface area (TPSA) is 109 Å². The summed E-state index contributed by atoms with van der Waals surface area (Å²) in [7, 11) is 0. The first-order valence-corrected chi connectivity index (χ1v) is 18.2. The van der Waals surface area contributed by atoms with Crippen LogP contribution in [0.5, 0.6) is 5.75 Å². The number of thioether (sulfide) groups is 2. The number of aromatic nitrogens is 5. The Morgan fingerprint density at radius 2 is 1.72 bits per heavy atom. The van der Waals surface area contributed by atoms with Crippen molar-refractivity contribution < 1.29 is 9.90 Å². The van der Waals surface area contributed by atoms with E-state index in [1.807, 2.05) is 71.5 Å². The number of rotatable bonds is 10. The van der Waals surface area contributed by atoms with E-state index in [9.17, 15) is 9.90 Å². The van der Waals surface area contributed by atoms with E-state index in [2.05, 4.69) is 53.1 Å². The molecule has 13 heteroatoms. The number of anilines is 1. The van der Waals surface area contributed by atoms with E-state index in [4.69, 9.17) is 16.7 Å². The van der Waals surface area contributed by atoms with Gasteiger partial charge in [0.25, 0.3) is 0 Å². The predicted molar refractivity (Wildman–Crippen MR) is 193 cm³/mol. The molecule has 2 amide bonds. The number of urea groups is 1. The lowest BCUT2D eigenvalue weighted by atomic mass is 10.1. The van der Waals surface area contributed by atoms with Crippen molar-refractivity contribution in [2.75, 3.05) is 17.8 Å². The lowest BCUT2D eigenvalue weighted by Crippen LogP contribution is -2.29. The molecule has 9 nitrogen and oxygen atoms in total. The molecule has 0 fully saturated rings. The Morgan fingerprint density at radius 1 is 0.957 bits per heavy atom. The summed E-state index contributed by atoms with van der Waals surface area (Å²) in [6.07, 6.45) is 6.11. The van der Waals surface area contributed by atoms with Gasteiger partial charge in [-0.25, -0.2) is 9.48 Å². The fraction of sp³-hybridized carbons (Fsp3) is 0.176. The molecule has 0 saturated heterocycles. The highest BCUT2D eigenvalue weighted by molar-refractivity contribution is 7.99. The number of amides is 2. The normalized spacial score (nSPS) is 11.6. The second-order valence-electron chi connectivity index (χ2n) is 11.0. The number of fused-ring (bicyclic) bond motifs is 1. The largest absolute Gasteiger partial charge is 0.506 e. The number of carbonyl (C=O) groups is 1. The molecule has 0 radical (unpaired) electrons. The van der Waals surface area contributed by atoms with Gasteiger partial charge in [-0.2, -0.15) is 16.9 Å². The zero-order chi connectivity index (χ0) is 33.1. The zero-order valence-electron chi connectivity index (χ0n) is 26.1. The van der Waals surface area contributed by atoms with Crippen LogP contribution in [-0.2, 0) is 11.3 Å². The zero-order valence-corrected chi connectivity index (χ0v) is 29.3. The summed E-state index contributed by atoms with van der Waals surface area (Å²) >= 11 is 11.0. The summed E-state index contributed by atoms with van der Waals surface area (Å²) in [5.74, 6) is 1.18. The molecule has 0 aliphatic carbocycles. The minimum absolute atomic E-state index is 0.0701. The van der Waals surface area contributed by atoms with Gasteiger partial charge in [-0.05, 0) is 68.3 Å². The number of hydrogen-bond donors (Lipinski definition) is 3. The van der Waals surface area contributed by atoms with Gasteiger partial charge in [0.05, 0.1) is 21.2 Å². The van der Waals surface area contributed by atoms with Crippen LogP contribution < -0.4 is 10.6 Å². The molecular formula is C34H32ClN7O2S3. The SMILES string of the molecule is CSc1ccccc1-c1nnc2ccc(Sc3ccccc3CNC(=O)Nc3cc(C(C)(C)SC)nn3-c3ccc(Cl)c(O)c3)cn12. The molecule has 240 valence electrons. The lowest BCUT2D eigenvalue weighted by Gasteiger charge is -2.18. The van der Waals surface area contributed by atoms with Crippen LogP contribution in [0.15, 0.2) is 106 Å². The number of nitrogens with zero attached hydrogens (tertiary/aromatic N) is 5. The molecule has 3 aromatic carbocycles. The van der Waals surface area contributed by atoms with Crippen LogP contribution in [0.25, 0.3) is 22.7 Å². The molecule has 0 aliphatic rings. The van der Waals surface area contributed by atoms with Gasteiger partial charge in [0, 0.05) is 45.1 Å². The second-order valence-corrected chi connectivity index (χ2v) is 14.8. The number of benzene rings is 3. The number of aromatic hydroxyl groups is 1. The smallest absolute Gasteiger partial charge is 0.320 e. The number of pyridine rings is 1. The quantitative estimate of drug-likeness (QED) is 0.122. The minimum Gasteiger partial charge on any atom is -0.506 e. The van der Waals surface area contributed by atoms with Crippen molar-refractivity contribution in [2.24, 2.45) is 0 Å². The summed E-state index contributed by atoms with van der Waals surface area (Å²) in [4.78, 5) is 16.4. The maximum absolute atomic E-state index is 13.3. The lowest BCUT2D eigenvalue weighted by molar-refractivity contribution is 0.251. The maximum Gasteiger partial charge on any atom is 0.320 e. The Labute approximate surface area is 290 Å². The van der Waals surface area contributed by atoms with Crippen LogP contribution in [-0.4, -0.2) is 48.0 Å². The minimum atomic E-state index is -0.388. The Balaban J connectivity index is 1.21. The number of halogens is 1. The van der Waals surface area contributed by atoms with Gasteiger partial charge in [0.1, 0.15) is 11.6 Å². The Morgan fingerprint density at radius 3 is 2.49 bits per heavy atom. The van der Waals surface area contributed by atoms with Crippen LogP contribution in [0.3, 0.4) is 0 Å². The van der Waals surface area contributed by atoms with Crippen LogP contribution in [0.4, 0.5) is 10.6 Å². The van der Waals surface area contributed by atoms with E-state index in [0.29, 0.717) is 18.1 Å². The maximum atomic E-state index is 13.3. The number of hydrogen-bond acceptors (Lipinski definition) is 8. The van der Waals surface area contributed by atoms with Crippen LogP contribution in [0.1, 0.15) is 25.1 Å². The van der Waals surface area contributed by atoms with Gasteiger partial charge < -0.3 is 10.4 Å². The molecule has 0 saturated carbocycles. The molecule has 3 heterocycles. The summed E-state index contributed by atoms with van der Waals surface area (Å²) in [6.45, 7) is 4.43. The predicted octanol–water partition coefficient (Wildman–Crippen LogP) is 8.73. The number of carbonyl (C=O) groups excluding carboxylic acids is 1. The van der Waals surface area contributed by atoms with Crippen molar-refractivity contribution >= 4 is 64.4 Å². The van der Waals surface area contributed by atoms with E-state index in [0.717, 1.165) is 43.0 Å². The standard InChI is InChI=1S/C34H32ClN7O2S3/c1-34(2,46-4)29-18-31(42(40-29)22-13-15-25(35)26(43)17-22)37-33(44)36-19-21-9-5-7-11-27(21)47-23-14-16-30-38-39-32(41(30)20-23)24-10-6-8-12-28(24)45-3/h5-18,20,43H,19H2,1-4H3,(H2,36,37,44). The number of phenols is 1. The van der Waals surface area contributed by atoms with Crippen molar-refractivity contribution in [1.29, 1.82) is 0 Å². The average Bonchev–Trinajstić information content (AvgIpc) is 3.70. The molecule has 0 atom stereocenters. The fourth-order valence-electron chi connectivity index (χ4n) is 4.86. The van der Waals surface area contributed by atoms with Crippen LogP contribution >= 0.6 is 46.9 Å². The summed E-state index contributed by atoms with van der Waals surface area (Å²) < 4.78 is 3.30. The second kappa shape index (κ2) is 13.9. The van der Waals surface area contributed by atoms with E-state index in [1.54, 1.807) is 52.1 Å². The summed E-state index contributed by atoms with van der Waals surface area (Å²) in [5, 5.41) is 30.0. The van der Waals surface area contributed by atoms with Crippen molar-refractivity contribution in [3.8, 4) is 22.8 Å². The molecular weight excluding hydrogens is 670 g/mol. The highest BCUT2D eigenvalue weighted by Crippen LogP contribution is 2.36. The van der Waals surface area contributed by atoms with E-state index >= 15 is 0 Å². The van der Waals surface area contributed by atoms with Crippen molar-refractivity contribution in [1.82, 2.24) is 29.7 Å². The van der Waals surface area contributed by atoms with Crippen molar-refractivity contribution in [3.05, 3.63) is 107 Å².